The molecule has 1 heterocycles. The van der Waals surface area contributed by atoms with Crippen LogP contribution in [0.15, 0.2) is 12.5 Å². The molecule has 1 N–H and O–H groups in total. The van der Waals surface area contributed by atoms with Crippen LogP contribution in [0.3, 0.4) is 0 Å². The van der Waals surface area contributed by atoms with E-state index in [1.54, 1.807) is 6.33 Å². The van der Waals surface area contributed by atoms with Crippen LogP contribution in [0.1, 0.15) is 25.5 Å². The minimum absolute atomic E-state index is 0.235. The first-order chi connectivity index (χ1) is 8.51. The summed E-state index contributed by atoms with van der Waals surface area (Å²) in [5.74, 6) is 0.235. The predicted octanol–water partition coefficient (Wildman–Crippen LogP) is 0.860. The maximum atomic E-state index is 11.0. The number of aromatic nitrogens is 2. The van der Waals surface area contributed by atoms with Gasteiger partial charge in [0, 0.05) is 32.0 Å². The first kappa shape index (κ1) is 15.2. The maximum absolute atomic E-state index is 11.0. The molecule has 1 aromatic rings. The molecule has 0 unspecified atom stereocenters. The molecule has 1 rings (SSSR count). The molecule has 0 radical (unpaired) electrons. The lowest BCUT2D eigenvalue weighted by Gasteiger charge is -2.01. The molecular weight excluding hydrogens is 250 g/mol. The van der Waals surface area contributed by atoms with Crippen LogP contribution >= 0.6 is 0 Å². The molecule has 0 atom stereocenters. The summed E-state index contributed by atoms with van der Waals surface area (Å²) in [7, 11) is -2.85. The summed E-state index contributed by atoms with van der Waals surface area (Å²) in [6.45, 7) is 4.83. The maximum Gasteiger partial charge on any atom is 0.147 e. The average molecular weight is 273 g/mol. The first-order valence-corrected chi connectivity index (χ1v) is 8.46. The molecule has 0 aliphatic carbocycles. The number of hydrogen-bond donors (Lipinski definition) is 1. The van der Waals surface area contributed by atoms with Crippen molar-refractivity contribution in [2.45, 2.75) is 32.7 Å². The zero-order chi connectivity index (χ0) is 13.4. The van der Waals surface area contributed by atoms with Gasteiger partial charge in [-0.15, -0.1) is 0 Å². The normalized spacial score (nSPS) is 11.9. The Labute approximate surface area is 110 Å². The van der Waals surface area contributed by atoms with Crippen molar-refractivity contribution in [2.24, 2.45) is 0 Å². The number of nitrogens with one attached hydrogen (secondary N) is 1. The monoisotopic (exact) mass is 273 g/mol. The highest BCUT2D eigenvalue weighted by Crippen LogP contribution is 2.00. The molecule has 0 amide bonds. The summed E-state index contributed by atoms with van der Waals surface area (Å²) >= 11 is 0. The van der Waals surface area contributed by atoms with Crippen molar-refractivity contribution < 1.29 is 8.42 Å². The third kappa shape index (κ3) is 6.76. The van der Waals surface area contributed by atoms with Crippen molar-refractivity contribution in [3.63, 3.8) is 0 Å². The minimum atomic E-state index is -2.85. The number of sulfone groups is 1. The van der Waals surface area contributed by atoms with Crippen LogP contribution in [0.5, 0.6) is 0 Å². The molecule has 5 nitrogen and oxygen atoms in total. The van der Waals surface area contributed by atoms with E-state index in [1.807, 2.05) is 10.8 Å². The van der Waals surface area contributed by atoms with E-state index >= 15 is 0 Å². The Balaban J connectivity index is 2.26. The van der Waals surface area contributed by atoms with E-state index in [-0.39, 0.29) is 5.75 Å². The van der Waals surface area contributed by atoms with Crippen molar-refractivity contribution in [1.29, 1.82) is 0 Å². The number of imidazole rings is 1. The van der Waals surface area contributed by atoms with Gasteiger partial charge in [-0.1, -0.05) is 6.92 Å². The fourth-order valence-electron chi connectivity index (χ4n) is 1.69. The van der Waals surface area contributed by atoms with Crippen molar-refractivity contribution in [3.05, 3.63) is 18.2 Å². The van der Waals surface area contributed by atoms with E-state index in [9.17, 15) is 8.42 Å². The SMILES string of the molecule is CCCNCCc1cn(CCCS(C)(=O)=O)cn1. The Morgan fingerprint density at radius 3 is 2.83 bits per heavy atom. The van der Waals surface area contributed by atoms with Crippen molar-refractivity contribution in [3.8, 4) is 0 Å². The van der Waals surface area contributed by atoms with Crippen molar-refractivity contribution >= 4 is 9.84 Å². The number of aryl methyl sites for hydroxylation is 1. The molecule has 1 aromatic heterocycles. The molecule has 18 heavy (non-hydrogen) atoms. The molecule has 0 saturated heterocycles. The highest BCUT2D eigenvalue weighted by molar-refractivity contribution is 7.90. The van der Waals surface area contributed by atoms with Crippen LogP contribution in [0.4, 0.5) is 0 Å². The smallest absolute Gasteiger partial charge is 0.147 e. The molecule has 6 heteroatoms. The van der Waals surface area contributed by atoms with Gasteiger partial charge < -0.3 is 9.88 Å². The van der Waals surface area contributed by atoms with Gasteiger partial charge in [-0.25, -0.2) is 13.4 Å². The fraction of sp³-hybridized carbons (Fsp3) is 0.750. The van der Waals surface area contributed by atoms with E-state index < -0.39 is 9.84 Å². The predicted molar refractivity (Wildman–Crippen MR) is 73.4 cm³/mol. The largest absolute Gasteiger partial charge is 0.337 e. The molecule has 0 fully saturated rings. The van der Waals surface area contributed by atoms with Crippen LogP contribution in [0.25, 0.3) is 0 Å². The lowest BCUT2D eigenvalue weighted by Crippen LogP contribution is -2.17. The van der Waals surface area contributed by atoms with Gasteiger partial charge in [-0.2, -0.15) is 0 Å². The van der Waals surface area contributed by atoms with Gasteiger partial charge >= 0.3 is 0 Å². The summed E-state index contributed by atoms with van der Waals surface area (Å²) in [5.41, 5.74) is 1.05. The third-order valence-corrected chi connectivity index (χ3v) is 3.63. The topological polar surface area (TPSA) is 64.0 Å². The summed E-state index contributed by atoms with van der Waals surface area (Å²) in [5, 5.41) is 3.33. The summed E-state index contributed by atoms with van der Waals surface area (Å²) in [6, 6.07) is 0. The molecule has 104 valence electrons. The van der Waals surface area contributed by atoms with E-state index in [4.69, 9.17) is 0 Å². The highest BCUT2D eigenvalue weighted by atomic mass is 32.2. The summed E-state index contributed by atoms with van der Waals surface area (Å²) in [6.07, 6.45) is 7.74. The number of nitrogens with zero attached hydrogens (tertiary/aromatic N) is 2. The highest BCUT2D eigenvalue weighted by Gasteiger charge is 2.03. The van der Waals surface area contributed by atoms with Gasteiger partial charge in [-0.05, 0) is 19.4 Å². The molecule has 0 saturated carbocycles. The van der Waals surface area contributed by atoms with Crippen molar-refractivity contribution in [1.82, 2.24) is 14.9 Å². The second-order valence-corrected chi connectivity index (χ2v) is 6.85. The van der Waals surface area contributed by atoms with Gasteiger partial charge in [-0.3, -0.25) is 0 Å². The molecule has 0 aromatic carbocycles. The van der Waals surface area contributed by atoms with Crippen LogP contribution in [0, 0.1) is 0 Å². The number of rotatable bonds is 9. The second-order valence-electron chi connectivity index (χ2n) is 4.59. The Bertz CT molecular complexity index is 440. The Morgan fingerprint density at radius 1 is 1.39 bits per heavy atom. The number of hydrogen-bond acceptors (Lipinski definition) is 4. The van der Waals surface area contributed by atoms with Gasteiger partial charge in [0.15, 0.2) is 0 Å². The van der Waals surface area contributed by atoms with Crippen LogP contribution in [-0.2, 0) is 22.8 Å². The van der Waals surface area contributed by atoms with E-state index in [0.29, 0.717) is 13.0 Å². The summed E-state index contributed by atoms with van der Waals surface area (Å²) in [4.78, 5) is 4.30. The zero-order valence-electron chi connectivity index (χ0n) is 11.2. The standard InChI is InChI=1S/C12H23N3O2S/c1-3-6-13-7-5-12-10-15(11-14-12)8-4-9-18(2,16)17/h10-11,13H,3-9H2,1-2H3. The van der Waals surface area contributed by atoms with Crippen LogP contribution in [-0.4, -0.2) is 43.1 Å². The Morgan fingerprint density at radius 2 is 2.17 bits per heavy atom. The molecule has 0 aliphatic rings. The van der Waals surface area contributed by atoms with Gasteiger partial charge in [0.1, 0.15) is 9.84 Å². The third-order valence-electron chi connectivity index (χ3n) is 2.60. The lowest BCUT2D eigenvalue weighted by atomic mass is 10.3. The molecule has 0 bridgehead atoms. The van der Waals surface area contributed by atoms with E-state index in [0.717, 1.165) is 31.6 Å². The first-order valence-electron chi connectivity index (χ1n) is 6.40. The average Bonchev–Trinajstić information content (AvgIpc) is 2.71. The molecule has 0 aliphatic heterocycles. The van der Waals surface area contributed by atoms with Crippen LogP contribution < -0.4 is 5.32 Å². The minimum Gasteiger partial charge on any atom is -0.337 e. The van der Waals surface area contributed by atoms with E-state index in [1.165, 1.54) is 6.26 Å². The Hall–Kier alpha value is -0.880. The molecular formula is C12H23N3O2S. The lowest BCUT2D eigenvalue weighted by molar-refractivity contribution is 0.592. The summed E-state index contributed by atoms with van der Waals surface area (Å²) < 4.78 is 24.0. The van der Waals surface area contributed by atoms with Gasteiger partial charge in [0.05, 0.1) is 17.8 Å². The zero-order valence-corrected chi connectivity index (χ0v) is 12.0. The van der Waals surface area contributed by atoms with Crippen molar-refractivity contribution in [2.75, 3.05) is 25.1 Å². The van der Waals surface area contributed by atoms with E-state index in [2.05, 4.69) is 17.2 Å². The quantitative estimate of drug-likeness (QED) is 0.678. The second kappa shape index (κ2) is 7.53. The Kier molecular flexibility index (Phi) is 6.35. The molecule has 0 spiro atoms. The fourth-order valence-corrected chi connectivity index (χ4v) is 2.34. The van der Waals surface area contributed by atoms with Crippen LogP contribution in [0.2, 0.25) is 0 Å². The van der Waals surface area contributed by atoms with Gasteiger partial charge in [0.2, 0.25) is 0 Å². The van der Waals surface area contributed by atoms with Gasteiger partial charge in [0.25, 0.3) is 0 Å².